The zero-order valence-electron chi connectivity index (χ0n) is 10.4. The summed E-state index contributed by atoms with van der Waals surface area (Å²) in [4.78, 5) is 10.4. The molecule has 0 radical (unpaired) electrons. The Balaban J connectivity index is 2.65. The summed E-state index contributed by atoms with van der Waals surface area (Å²) in [6.07, 6.45) is 1.26. The molecule has 102 valence electrons. The lowest BCUT2D eigenvalue weighted by Gasteiger charge is -2.16. The van der Waals surface area contributed by atoms with Crippen LogP contribution in [0.3, 0.4) is 0 Å². The van der Waals surface area contributed by atoms with Crippen molar-refractivity contribution in [2.75, 3.05) is 5.32 Å². The molecule has 0 amide bonds. The fourth-order valence-electron chi connectivity index (χ4n) is 1.64. The zero-order chi connectivity index (χ0) is 14.4. The summed E-state index contributed by atoms with van der Waals surface area (Å²) < 4.78 is 14.0. The molecule has 1 aromatic rings. The van der Waals surface area contributed by atoms with Crippen LogP contribution >= 0.6 is 15.9 Å². The van der Waals surface area contributed by atoms with E-state index in [-0.39, 0.29) is 22.5 Å². The van der Waals surface area contributed by atoms with Crippen LogP contribution in [0.4, 0.5) is 10.1 Å². The highest BCUT2D eigenvalue weighted by Crippen LogP contribution is 2.27. The van der Waals surface area contributed by atoms with Crippen LogP contribution in [0.2, 0.25) is 0 Å². The first-order valence-electron chi connectivity index (χ1n) is 5.82. The average Bonchev–Trinajstić information content (AvgIpc) is 2.35. The van der Waals surface area contributed by atoms with Gasteiger partial charge in [0.15, 0.2) is 5.82 Å². The Morgan fingerprint density at radius 3 is 2.89 bits per heavy atom. The van der Waals surface area contributed by atoms with E-state index in [0.29, 0.717) is 18.5 Å². The molecule has 0 aliphatic heterocycles. The molecular weight excluding hydrogens is 315 g/mol. The Hall–Kier alpha value is -1.61. The molecule has 1 aromatic carbocycles. The van der Waals surface area contributed by atoms with Crippen LogP contribution in [-0.2, 0) is 4.79 Å². The van der Waals surface area contributed by atoms with E-state index in [2.05, 4.69) is 21.2 Å². The number of nitrogens with one attached hydrogen (secondary N) is 1. The largest absolute Gasteiger partial charge is 0.481 e. The van der Waals surface area contributed by atoms with Gasteiger partial charge in [-0.2, -0.15) is 5.26 Å². The van der Waals surface area contributed by atoms with Crippen molar-refractivity contribution in [3.8, 4) is 6.07 Å². The SMILES string of the molecule is CC(CCCC(=O)O)Nc1ccc(C#N)c(Br)c1F. The van der Waals surface area contributed by atoms with E-state index in [1.807, 2.05) is 13.0 Å². The number of halogens is 2. The molecule has 0 spiro atoms. The normalized spacial score (nSPS) is 11.7. The van der Waals surface area contributed by atoms with Gasteiger partial charge in [0.25, 0.3) is 0 Å². The molecule has 0 aliphatic carbocycles. The topological polar surface area (TPSA) is 73.1 Å². The number of hydrogen-bond acceptors (Lipinski definition) is 3. The molecule has 0 saturated heterocycles. The van der Waals surface area contributed by atoms with Crippen LogP contribution in [0.5, 0.6) is 0 Å². The summed E-state index contributed by atoms with van der Waals surface area (Å²) in [6.45, 7) is 1.85. The fourth-order valence-corrected chi connectivity index (χ4v) is 2.08. The van der Waals surface area contributed by atoms with Crippen LogP contribution < -0.4 is 5.32 Å². The minimum Gasteiger partial charge on any atom is -0.481 e. The van der Waals surface area contributed by atoms with Crippen molar-refractivity contribution < 1.29 is 14.3 Å². The number of benzene rings is 1. The van der Waals surface area contributed by atoms with E-state index >= 15 is 0 Å². The lowest BCUT2D eigenvalue weighted by Crippen LogP contribution is -2.16. The highest BCUT2D eigenvalue weighted by atomic mass is 79.9. The Morgan fingerprint density at radius 2 is 2.32 bits per heavy atom. The van der Waals surface area contributed by atoms with Gasteiger partial charge in [-0.25, -0.2) is 4.39 Å². The van der Waals surface area contributed by atoms with Crippen LogP contribution in [0, 0.1) is 17.1 Å². The van der Waals surface area contributed by atoms with E-state index in [1.54, 1.807) is 0 Å². The van der Waals surface area contributed by atoms with Crippen LogP contribution in [0.1, 0.15) is 31.7 Å². The van der Waals surface area contributed by atoms with Crippen molar-refractivity contribution in [1.82, 2.24) is 0 Å². The Kier molecular flexibility index (Phi) is 5.77. The lowest BCUT2D eigenvalue weighted by molar-refractivity contribution is -0.137. The second-order valence-electron chi connectivity index (χ2n) is 4.23. The first-order chi connectivity index (χ1) is 8.95. The maximum absolute atomic E-state index is 13.9. The van der Waals surface area contributed by atoms with Gasteiger partial charge in [0.1, 0.15) is 6.07 Å². The predicted molar refractivity (Wildman–Crippen MR) is 73.4 cm³/mol. The molecule has 0 fully saturated rings. The minimum atomic E-state index is -0.834. The highest BCUT2D eigenvalue weighted by molar-refractivity contribution is 9.10. The minimum absolute atomic E-state index is 0.0475. The van der Waals surface area contributed by atoms with Gasteiger partial charge >= 0.3 is 5.97 Å². The van der Waals surface area contributed by atoms with Gasteiger partial charge in [-0.05, 0) is 47.8 Å². The second-order valence-corrected chi connectivity index (χ2v) is 5.02. The third-order valence-electron chi connectivity index (χ3n) is 2.63. The number of aliphatic carboxylic acids is 1. The van der Waals surface area contributed by atoms with Crippen molar-refractivity contribution in [3.63, 3.8) is 0 Å². The fraction of sp³-hybridized carbons (Fsp3) is 0.385. The molecule has 0 bridgehead atoms. The molecule has 6 heteroatoms. The summed E-state index contributed by atoms with van der Waals surface area (Å²) >= 11 is 3.04. The van der Waals surface area contributed by atoms with Crippen molar-refractivity contribution >= 4 is 27.6 Å². The van der Waals surface area contributed by atoms with Gasteiger partial charge in [-0.3, -0.25) is 4.79 Å². The Bertz CT molecular complexity index is 514. The number of anilines is 1. The zero-order valence-corrected chi connectivity index (χ0v) is 12.0. The molecule has 1 unspecified atom stereocenters. The smallest absolute Gasteiger partial charge is 0.303 e. The first kappa shape index (κ1) is 15.4. The monoisotopic (exact) mass is 328 g/mol. The van der Waals surface area contributed by atoms with Crippen molar-refractivity contribution in [2.45, 2.75) is 32.2 Å². The maximum Gasteiger partial charge on any atom is 0.303 e. The summed E-state index contributed by atoms with van der Waals surface area (Å²) in [7, 11) is 0. The molecule has 0 heterocycles. The molecule has 0 aromatic heterocycles. The van der Waals surface area contributed by atoms with Crippen molar-refractivity contribution in [3.05, 3.63) is 28.0 Å². The predicted octanol–water partition coefficient (Wildman–Crippen LogP) is 3.52. The van der Waals surface area contributed by atoms with E-state index in [4.69, 9.17) is 10.4 Å². The standard InChI is InChI=1S/C13H14BrFN2O2/c1-8(3-2-4-11(18)19)17-10-6-5-9(7-16)12(14)13(10)15/h5-6,8,17H,2-4H2,1H3,(H,18,19). The molecule has 4 nitrogen and oxygen atoms in total. The third kappa shape index (κ3) is 4.52. The second kappa shape index (κ2) is 7.10. The van der Waals surface area contributed by atoms with Gasteiger partial charge in [0.2, 0.25) is 0 Å². The highest BCUT2D eigenvalue weighted by Gasteiger charge is 2.13. The van der Waals surface area contributed by atoms with E-state index in [1.165, 1.54) is 12.1 Å². The van der Waals surface area contributed by atoms with Crippen LogP contribution in [-0.4, -0.2) is 17.1 Å². The van der Waals surface area contributed by atoms with Gasteiger partial charge in [-0.15, -0.1) is 0 Å². The summed E-state index contributed by atoms with van der Waals surface area (Å²) in [5.41, 5.74) is 0.537. The molecule has 0 saturated carbocycles. The van der Waals surface area contributed by atoms with Gasteiger partial charge in [0.05, 0.1) is 15.7 Å². The molecule has 1 rings (SSSR count). The Labute approximate surface area is 119 Å². The summed E-state index contributed by atoms with van der Waals surface area (Å²) in [5.74, 6) is -1.34. The van der Waals surface area contributed by atoms with E-state index in [0.717, 1.165) is 0 Å². The number of nitrogens with zero attached hydrogens (tertiary/aromatic N) is 1. The number of nitriles is 1. The first-order valence-corrected chi connectivity index (χ1v) is 6.61. The van der Waals surface area contributed by atoms with Gasteiger partial charge in [-0.1, -0.05) is 0 Å². The lowest BCUT2D eigenvalue weighted by atomic mass is 10.1. The molecule has 2 N–H and O–H groups in total. The number of hydrogen-bond donors (Lipinski definition) is 2. The average molecular weight is 329 g/mol. The molecule has 0 aliphatic rings. The maximum atomic E-state index is 13.9. The molecule has 19 heavy (non-hydrogen) atoms. The number of carboxylic acid groups (broad SMARTS) is 1. The van der Waals surface area contributed by atoms with Crippen molar-refractivity contribution in [2.24, 2.45) is 0 Å². The number of carbonyl (C=O) groups is 1. The van der Waals surface area contributed by atoms with E-state index < -0.39 is 11.8 Å². The molecular formula is C13H14BrFN2O2. The van der Waals surface area contributed by atoms with Crippen LogP contribution in [0.25, 0.3) is 0 Å². The quantitative estimate of drug-likeness (QED) is 0.838. The third-order valence-corrected chi connectivity index (χ3v) is 3.41. The van der Waals surface area contributed by atoms with Crippen molar-refractivity contribution in [1.29, 1.82) is 5.26 Å². The van der Waals surface area contributed by atoms with Crippen LogP contribution in [0.15, 0.2) is 16.6 Å². The summed E-state index contributed by atoms with van der Waals surface area (Å²) in [6, 6.07) is 4.87. The van der Waals surface area contributed by atoms with Gasteiger partial charge < -0.3 is 10.4 Å². The number of rotatable bonds is 6. The molecule has 1 atom stereocenters. The van der Waals surface area contributed by atoms with Gasteiger partial charge in [0, 0.05) is 12.5 Å². The Morgan fingerprint density at radius 1 is 1.63 bits per heavy atom. The number of carboxylic acids is 1. The van der Waals surface area contributed by atoms with E-state index in [9.17, 15) is 9.18 Å². The summed E-state index contributed by atoms with van der Waals surface area (Å²) in [5, 5.41) is 20.3.